The van der Waals surface area contributed by atoms with Gasteiger partial charge in [-0.1, -0.05) is 0 Å². The first-order valence-corrected chi connectivity index (χ1v) is 6.06. The summed E-state index contributed by atoms with van der Waals surface area (Å²) in [5, 5.41) is 19.9. The largest absolute Gasteiger partial charge is 0.497 e. The van der Waals surface area contributed by atoms with E-state index in [4.69, 9.17) is 14.2 Å². The van der Waals surface area contributed by atoms with Gasteiger partial charge in [0.1, 0.15) is 23.0 Å². The summed E-state index contributed by atoms with van der Waals surface area (Å²) in [7, 11) is 3.08. The lowest BCUT2D eigenvalue weighted by Gasteiger charge is -2.27. The fraction of sp³-hybridized carbons (Fsp3) is 0.500. The smallest absolute Gasteiger partial charge is 0.128 e. The van der Waals surface area contributed by atoms with Gasteiger partial charge in [0.2, 0.25) is 0 Å². The maximum atomic E-state index is 10.5. The first-order chi connectivity index (χ1) is 9.16. The molecule has 2 unspecified atom stereocenters. The molecule has 1 heterocycles. The molecule has 1 fully saturated rings. The summed E-state index contributed by atoms with van der Waals surface area (Å²) in [5.74, 6) is 1.15. The predicted octanol–water partition coefficient (Wildman–Crippen LogP) is 1.67. The Bertz CT molecular complexity index is 489. The van der Waals surface area contributed by atoms with Crippen LogP contribution in [0.25, 0.3) is 0 Å². The van der Waals surface area contributed by atoms with E-state index in [9.17, 15) is 10.4 Å². The molecule has 102 valence electrons. The number of methoxy groups -OCH3 is 2. The highest BCUT2D eigenvalue weighted by Crippen LogP contribution is 2.44. The Kier molecular flexibility index (Phi) is 3.93. The molecule has 1 aromatic carbocycles. The molecule has 0 radical (unpaired) electrons. The predicted molar refractivity (Wildman–Crippen MR) is 68.0 cm³/mol. The first-order valence-electron chi connectivity index (χ1n) is 6.06. The van der Waals surface area contributed by atoms with Crippen molar-refractivity contribution in [2.45, 2.75) is 12.5 Å². The third-order valence-electron chi connectivity index (χ3n) is 3.53. The topological polar surface area (TPSA) is 71.7 Å². The minimum absolute atomic E-state index is 0.236. The summed E-state index contributed by atoms with van der Waals surface area (Å²) < 4.78 is 15.6. The number of aliphatic hydroxyl groups excluding tert-OH is 1. The van der Waals surface area contributed by atoms with Gasteiger partial charge in [0, 0.05) is 18.2 Å². The first kappa shape index (κ1) is 13.7. The van der Waals surface area contributed by atoms with E-state index in [0.717, 1.165) is 0 Å². The molecule has 2 atom stereocenters. The highest BCUT2D eigenvalue weighted by molar-refractivity contribution is 5.43. The zero-order valence-corrected chi connectivity index (χ0v) is 11.0. The maximum Gasteiger partial charge on any atom is 0.128 e. The molecule has 0 bridgehead atoms. The van der Waals surface area contributed by atoms with Crippen LogP contribution in [-0.2, 0) is 4.74 Å². The molecule has 0 amide bonds. The van der Waals surface area contributed by atoms with E-state index in [0.29, 0.717) is 30.1 Å². The quantitative estimate of drug-likeness (QED) is 0.894. The molecule has 5 nitrogen and oxygen atoms in total. The van der Waals surface area contributed by atoms with E-state index in [1.807, 2.05) is 0 Å². The Morgan fingerprint density at radius 1 is 1.42 bits per heavy atom. The molecule has 1 saturated heterocycles. The van der Waals surface area contributed by atoms with Crippen LogP contribution in [0.15, 0.2) is 18.2 Å². The second-order valence-electron chi connectivity index (χ2n) is 4.58. The third kappa shape index (κ3) is 2.37. The molecule has 0 saturated carbocycles. The van der Waals surface area contributed by atoms with Crippen LogP contribution >= 0.6 is 0 Å². The number of hydrogen-bond acceptors (Lipinski definition) is 5. The average molecular weight is 263 g/mol. The summed E-state index contributed by atoms with van der Waals surface area (Å²) in [6.45, 7) is 0.725. The number of nitriles is 1. The zero-order chi connectivity index (χ0) is 13.9. The van der Waals surface area contributed by atoms with Crippen LogP contribution < -0.4 is 9.47 Å². The Morgan fingerprint density at radius 3 is 2.74 bits per heavy atom. The van der Waals surface area contributed by atoms with E-state index in [1.54, 1.807) is 25.3 Å². The van der Waals surface area contributed by atoms with Gasteiger partial charge in [0.15, 0.2) is 0 Å². The lowest BCUT2D eigenvalue weighted by molar-refractivity contribution is 0.0486. The SMILES string of the molecule is COc1ccc(C(O)C2(C#N)CCOC2)c(OC)c1. The normalized spacial score (nSPS) is 23.7. The fourth-order valence-electron chi connectivity index (χ4n) is 2.29. The van der Waals surface area contributed by atoms with E-state index in [-0.39, 0.29) is 6.61 Å². The van der Waals surface area contributed by atoms with E-state index >= 15 is 0 Å². The Morgan fingerprint density at radius 2 is 2.21 bits per heavy atom. The standard InChI is InChI=1S/C14H17NO4/c1-17-10-3-4-11(12(7-10)18-2)13(16)14(8-15)5-6-19-9-14/h3-4,7,13,16H,5-6,9H2,1-2H3. The lowest BCUT2D eigenvalue weighted by atomic mass is 9.79. The Labute approximate surface area is 112 Å². The van der Waals surface area contributed by atoms with Crippen molar-refractivity contribution >= 4 is 0 Å². The van der Waals surface area contributed by atoms with Crippen molar-refractivity contribution in [3.05, 3.63) is 23.8 Å². The van der Waals surface area contributed by atoms with Crippen molar-refractivity contribution in [3.8, 4) is 17.6 Å². The van der Waals surface area contributed by atoms with Gasteiger partial charge in [-0.25, -0.2) is 0 Å². The molecule has 0 aromatic heterocycles. The van der Waals surface area contributed by atoms with Gasteiger partial charge in [-0.2, -0.15) is 5.26 Å². The van der Waals surface area contributed by atoms with Gasteiger partial charge in [0.25, 0.3) is 0 Å². The van der Waals surface area contributed by atoms with Crippen LogP contribution in [-0.4, -0.2) is 32.5 Å². The number of nitrogens with zero attached hydrogens (tertiary/aromatic N) is 1. The molecule has 19 heavy (non-hydrogen) atoms. The van der Waals surface area contributed by atoms with Crippen LogP contribution in [0.3, 0.4) is 0 Å². The molecule has 1 aliphatic heterocycles. The number of hydrogen-bond donors (Lipinski definition) is 1. The Balaban J connectivity index is 2.38. The van der Waals surface area contributed by atoms with Crippen molar-refractivity contribution in [3.63, 3.8) is 0 Å². The number of rotatable bonds is 4. The van der Waals surface area contributed by atoms with Crippen LogP contribution in [0, 0.1) is 16.7 Å². The monoisotopic (exact) mass is 263 g/mol. The van der Waals surface area contributed by atoms with Crippen molar-refractivity contribution < 1.29 is 19.3 Å². The van der Waals surface area contributed by atoms with Gasteiger partial charge in [-0.3, -0.25) is 0 Å². The second-order valence-corrected chi connectivity index (χ2v) is 4.58. The third-order valence-corrected chi connectivity index (χ3v) is 3.53. The Hall–Kier alpha value is -1.77. The molecular weight excluding hydrogens is 246 g/mol. The van der Waals surface area contributed by atoms with E-state index in [1.165, 1.54) is 7.11 Å². The zero-order valence-electron chi connectivity index (χ0n) is 11.0. The highest BCUT2D eigenvalue weighted by Gasteiger charge is 2.44. The summed E-state index contributed by atoms with van der Waals surface area (Å²) in [4.78, 5) is 0. The molecule has 5 heteroatoms. The van der Waals surface area contributed by atoms with Crippen LogP contribution in [0.4, 0.5) is 0 Å². The second kappa shape index (κ2) is 5.47. The van der Waals surface area contributed by atoms with Crippen molar-refractivity contribution in [2.24, 2.45) is 5.41 Å². The van der Waals surface area contributed by atoms with Gasteiger partial charge < -0.3 is 19.3 Å². The van der Waals surface area contributed by atoms with Gasteiger partial charge in [-0.05, 0) is 18.6 Å². The van der Waals surface area contributed by atoms with E-state index in [2.05, 4.69) is 6.07 Å². The minimum atomic E-state index is -0.944. The van der Waals surface area contributed by atoms with Crippen molar-refractivity contribution in [1.82, 2.24) is 0 Å². The fourth-order valence-corrected chi connectivity index (χ4v) is 2.29. The number of ether oxygens (including phenoxy) is 3. The average Bonchev–Trinajstić information content (AvgIpc) is 2.95. The summed E-state index contributed by atoms with van der Waals surface area (Å²) in [6, 6.07) is 7.35. The molecular formula is C14H17NO4. The molecule has 0 aliphatic carbocycles. The van der Waals surface area contributed by atoms with E-state index < -0.39 is 11.5 Å². The van der Waals surface area contributed by atoms with Crippen LogP contribution in [0.1, 0.15) is 18.1 Å². The molecule has 1 N–H and O–H groups in total. The summed E-state index contributed by atoms with van der Waals surface area (Å²) in [5.41, 5.74) is -0.322. The molecule has 2 rings (SSSR count). The van der Waals surface area contributed by atoms with Gasteiger partial charge in [0.05, 0.1) is 26.9 Å². The minimum Gasteiger partial charge on any atom is -0.497 e. The summed E-state index contributed by atoms with van der Waals surface area (Å²) in [6.07, 6.45) is -0.430. The highest BCUT2D eigenvalue weighted by atomic mass is 16.5. The molecule has 1 aromatic rings. The lowest BCUT2D eigenvalue weighted by Crippen LogP contribution is -2.28. The maximum absolute atomic E-state index is 10.5. The van der Waals surface area contributed by atoms with Crippen molar-refractivity contribution in [1.29, 1.82) is 5.26 Å². The van der Waals surface area contributed by atoms with Gasteiger partial charge in [-0.15, -0.1) is 0 Å². The molecule has 1 aliphatic rings. The summed E-state index contributed by atoms with van der Waals surface area (Å²) >= 11 is 0. The number of benzene rings is 1. The number of aliphatic hydroxyl groups is 1. The molecule has 0 spiro atoms. The van der Waals surface area contributed by atoms with Crippen LogP contribution in [0.5, 0.6) is 11.5 Å². The van der Waals surface area contributed by atoms with Crippen LogP contribution in [0.2, 0.25) is 0 Å². The van der Waals surface area contributed by atoms with Crippen molar-refractivity contribution in [2.75, 3.05) is 27.4 Å². The van der Waals surface area contributed by atoms with Gasteiger partial charge >= 0.3 is 0 Å².